The summed E-state index contributed by atoms with van der Waals surface area (Å²) >= 11 is 0. The van der Waals surface area contributed by atoms with E-state index in [2.05, 4.69) is 5.10 Å². The second-order valence-corrected chi connectivity index (χ2v) is 4.59. The van der Waals surface area contributed by atoms with Crippen LogP contribution in [0.3, 0.4) is 0 Å². The minimum atomic E-state index is -0.453. The van der Waals surface area contributed by atoms with Crippen LogP contribution in [-0.4, -0.2) is 33.6 Å². The highest BCUT2D eigenvalue weighted by Gasteiger charge is 2.19. The van der Waals surface area contributed by atoms with Gasteiger partial charge in [-0.25, -0.2) is 0 Å². The van der Waals surface area contributed by atoms with E-state index < -0.39 is 6.10 Å². The molecule has 0 bridgehead atoms. The molecular formula is C14H24N2O3. The third kappa shape index (κ3) is 4.06. The van der Waals surface area contributed by atoms with E-state index in [0.717, 1.165) is 29.8 Å². The summed E-state index contributed by atoms with van der Waals surface area (Å²) in [6, 6.07) is 0. The number of aliphatic hydroxyl groups excluding tert-OH is 1. The monoisotopic (exact) mass is 268 g/mol. The van der Waals surface area contributed by atoms with Crippen molar-refractivity contribution in [2.45, 2.75) is 59.6 Å². The van der Waals surface area contributed by atoms with Crippen molar-refractivity contribution in [2.75, 3.05) is 6.61 Å². The van der Waals surface area contributed by atoms with Gasteiger partial charge in [0.1, 0.15) is 0 Å². The first kappa shape index (κ1) is 15.7. The van der Waals surface area contributed by atoms with Gasteiger partial charge in [-0.3, -0.25) is 9.48 Å². The molecule has 0 aliphatic rings. The fourth-order valence-electron chi connectivity index (χ4n) is 2.23. The van der Waals surface area contributed by atoms with Crippen molar-refractivity contribution < 1.29 is 14.6 Å². The molecule has 0 aromatic carbocycles. The summed E-state index contributed by atoms with van der Waals surface area (Å²) in [6.45, 7) is 8.43. The topological polar surface area (TPSA) is 64.3 Å². The maximum absolute atomic E-state index is 11.7. The van der Waals surface area contributed by atoms with Gasteiger partial charge in [0, 0.05) is 11.3 Å². The van der Waals surface area contributed by atoms with Gasteiger partial charge in [0.2, 0.25) is 0 Å². The molecule has 1 aromatic heterocycles. The van der Waals surface area contributed by atoms with Crippen molar-refractivity contribution in [1.82, 2.24) is 9.78 Å². The summed E-state index contributed by atoms with van der Waals surface area (Å²) in [5.74, 6) is -0.219. The summed E-state index contributed by atoms with van der Waals surface area (Å²) < 4.78 is 6.83. The lowest BCUT2D eigenvalue weighted by molar-refractivity contribution is -0.142. The number of aliphatic hydroxyl groups is 1. The number of ether oxygens (including phenoxy) is 1. The zero-order valence-corrected chi connectivity index (χ0v) is 12.3. The zero-order valence-electron chi connectivity index (χ0n) is 12.3. The Hall–Kier alpha value is -1.36. The van der Waals surface area contributed by atoms with E-state index in [4.69, 9.17) is 4.74 Å². The zero-order chi connectivity index (χ0) is 14.4. The van der Waals surface area contributed by atoms with Crippen LogP contribution in [0.15, 0.2) is 0 Å². The van der Waals surface area contributed by atoms with Crippen molar-refractivity contribution >= 4 is 5.97 Å². The Morgan fingerprint density at radius 2 is 2.05 bits per heavy atom. The number of carbonyl (C=O) groups excluding carboxylic acids is 1. The second kappa shape index (κ2) is 7.28. The van der Waals surface area contributed by atoms with Crippen LogP contribution in [0.5, 0.6) is 0 Å². The first-order valence-electron chi connectivity index (χ1n) is 6.94. The van der Waals surface area contributed by atoms with Crippen LogP contribution in [0.4, 0.5) is 0 Å². The molecule has 1 unspecified atom stereocenters. The Morgan fingerprint density at radius 3 is 2.53 bits per heavy atom. The number of aromatic nitrogens is 2. The summed E-state index contributed by atoms with van der Waals surface area (Å²) in [4.78, 5) is 11.7. The van der Waals surface area contributed by atoms with Gasteiger partial charge in [-0.15, -0.1) is 0 Å². The summed E-state index contributed by atoms with van der Waals surface area (Å²) in [5.41, 5.74) is 2.90. The Balaban J connectivity index is 3.05. The quantitative estimate of drug-likeness (QED) is 0.761. The minimum Gasteiger partial charge on any atom is -0.466 e. The van der Waals surface area contributed by atoms with Crippen LogP contribution in [0.1, 0.15) is 44.6 Å². The summed E-state index contributed by atoms with van der Waals surface area (Å²) in [5, 5.41) is 14.0. The highest BCUT2D eigenvalue weighted by molar-refractivity contribution is 5.73. The fraction of sp³-hybridized carbons (Fsp3) is 0.714. The van der Waals surface area contributed by atoms with Crippen molar-refractivity contribution in [3.05, 3.63) is 17.0 Å². The maximum atomic E-state index is 11.7. The van der Waals surface area contributed by atoms with Gasteiger partial charge in [-0.05, 0) is 26.7 Å². The van der Waals surface area contributed by atoms with E-state index in [9.17, 15) is 9.90 Å². The molecular weight excluding hydrogens is 244 g/mol. The molecule has 0 amide bonds. The third-order valence-corrected chi connectivity index (χ3v) is 2.98. The standard InChI is InChI=1S/C14H24N2O3/c1-5-12-11(8-14(18)19-7-3)13(6-2)16(15-12)9-10(4)17/h10,17H,5-9H2,1-4H3. The molecule has 108 valence electrons. The van der Waals surface area contributed by atoms with Gasteiger partial charge in [0.05, 0.1) is 31.4 Å². The molecule has 1 aromatic rings. The third-order valence-electron chi connectivity index (χ3n) is 2.98. The largest absolute Gasteiger partial charge is 0.466 e. The van der Waals surface area contributed by atoms with Crippen LogP contribution in [0.25, 0.3) is 0 Å². The van der Waals surface area contributed by atoms with E-state index in [1.807, 2.05) is 18.5 Å². The van der Waals surface area contributed by atoms with Gasteiger partial charge < -0.3 is 9.84 Å². The molecule has 1 N–H and O–H groups in total. The van der Waals surface area contributed by atoms with E-state index in [1.165, 1.54) is 0 Å². The van der Waals surface area contributed by atoms with E-state index >= 15 is 0 Å². The van der Waals surface area contributed by atoms with Gasteiger partial charge >= 0.3 is 5.97 Å². The predicted octanol–water partition coefficient (Wildman–Crippen LogP) is 1.49. The van der Waals surface area contributed by atoms with Gasteiger partial charge in [0.15, 0.2) is 0 Å². The Kier molecular flexibility index (Phi) is 6.02. The summed E-state index contributed by atoms with van der Waals surface area (Å²) in [7, 11) is 0. The smallest absolute Gasteiger partial charge is 0.310 e. The van der Waals surface area contributed by atoms with Crippen LogP contribution >= 0.6 is 0 Å². The number of hydrogen-bond donors (Lipinski definition) is 1. The molecule has 0 fully saturated rings. The molecule has 1 rings (SSSR count). The highest BCUT2D eigenvalue weighted by Crippen LogP contribution is 2.18. The average Bonchev–Trinajstić information content (AvgIpc) is 2.65. The van der Waals surface area contributed by atoms with Crippen LogP contribution in [0.2, 0.25) is 0 Å². The van der Waals surface area contributed by atoms with Crippen molar-refractivity contribution in [3.8, 4) is 0 Å². The first-order chi connectivity index (χ1) is 9.03. The minimum absolute atomic E-state index is 0.219. The number of aryl methyl sites for hydroxylation is 1. The normalized spacial score (nSPS) is 12.5. The van der Waals surface area contributed by atoms with Gasteiger partial charge in [-0.1, -0.05) is 13.8 Å². The number of carbonyl (C=O) groups is 1. The molecule has 5 heteroatoms. The van der Waals surface area contributed by atoms with E-state index in [-0.39, 0.29) is 12.4 Å². The van der Waals surface area contributed by atoms with Crippen LogP contribution in [0, 0.1) is 0 Å². The molecule has 1 heterocycles. The second-order valence-electron chi connectivity index (χ2n) is 4.59. The number of nitrogens with zero attached hydrogens (tertiary/aromatic N) is 2. The maximum Gasteiger partial charge on any atom is 0.310 e. The summed E-state index contributed by atoms with van der Waals surface area (Å²) in [6.07, 6.45) is 1.37. The van der Waals surface area contributed by atoms with E-state index in [1.54, 1.807) is 13.8 Å². The Bertz CT molecular complexity index is 425. The molecule has 0 aliphatic carbocycles. The van der Waals surface area contributed by atoms with Crippen molar-refractivity contribution in [2.24, 2.45) is 0 Å². The Labute approximate surface area is 114 Å². The molecule has 19 heavy (non-hydrogen) atoms. The highest BCUT2D eigenvalue weighted by atomic mass is 16.5. The molecule has 0 radical (unpaired) electrons. The molecule has 0 spiro atoms. The van der Waals surface area contributed by atoms with Crippen molar-refractivity contribution in [3.63, 3.8) is 0 Å². The Morgan fingerprint density at radius 1 is 1.37 bits per heavy atom. The number of esters is 1. The molecule has 0 saturated carbocycles. The lowest BCUT2D eigenvalue weighted by Crippen LogP contribution is -2.16. The molecule has 5 nitrogen and oxygen atoms in total. The van der Waals surface area contributed by atoms with Crippen molar-refractivity contribution in [1.29, 1.82) is 0 Å². The SMILES string of the molecule is CCOC(=O)Cc1c(CC)nn(CC(C)O)c1CC. The van der Waals surface area contributed by atoms with E-state index in [0.29, 0.717) is 13.2 Å². The average molecular weight is 268 g/mol. The number of hydrogen-bond acceptors (Lipinski definition) is 4. The lowest BCUT2D eigenvalue weighted by Gasteiger charge is -2.09. The predicted molar refractivity (Wildman–Crippen MR) is 73.0 cm³/mol. The molecule has 0 aliphatic heterocycles. The molecule has 1 atom stereocenters. The van der Waals surface area contributed by atoms with Crippen LogP contribution in [-0.2, 0) is 35.3 Å². The lowest BCUT2D eigenvalue weighted by atomic mass is 10.1. The fourth-order valence-corrected chi connectivity index (χ4v) is 2.23. The van der Waals surface area contributed by atoms with Gasteiger partial charge in [-0.2, -0.15) is 5.10 Å². The number of rotatable bonds is 7. The molecule has 0 saturated heterocycles. The first-order valence-corrected chi connectivity index (χ1v) is 6.94. The van der Waals surface area contributed by atoms with Crippen LogP contribution < -0.4 is 0 Å². The van der Waals surface area contributed by atoms with Gasteiger partial charge in [0.25, 0.3) is 0 Å².